The fraction of sp³-hybridized carbons (Fsp3) is 0.238. The minimum Gasteiger partial charge on any atom is -0.435 e. The first-order chi connectivity index (χ1) is 13.6. The second kappa shape index (κ2) is 7.80. The number of nitrogens with one attached hydrogen (secondary N) is 1. The van der Waals surface area contributed by atoms with Crippen LogP contribution in [0.2, 0.25) is 0 Å². The third-order valence-corrected chi connectivity index (χ3v) is 4.79. The number of pyridine rings is 1. The fourth-order valence-corrected chi connectivity index (χ4v) is 3.48. The average molecular weight is 383 g/mol. The van der Waals surface area contributed by atoms with Crippen molar-refractivity contribution in [2.24, 2.45) is 0 Å². The van der Waals surface area contributed by atoms with Gasteiger partial charge in [0.2, 0.25) is 5.91 Å². The largest absolute Gasteiger partial charge is 0.435 e. The molecule has 1 saturated heterocycles. The Morgan fingerprint density at radius 3 is 2.68 bits per heavy atom. The van der Waals surface area contributed by atoms with Crippen molar-refractivity contribution < 1.29 is 18.3 Å². The van der Waals surface area contributed by atoms with Crippen molar-refractivity contribution in [2.75, 3.05) is 16.8 Å². The summed E-state index contributed by atoms with van der Waals surface area (Å²) in [5.74, 6) is 0.0239. The maximum Gasteiger partial charge on any atom is 0.387 e. The monoisotopic (exact) mass is 383 g/mol. The Morgan fingerprint density at radius 2 is 1.89 bits per heavy atom. The van der Waals surface area contributed by atoms with Crippen LogP contribution in [-0.2, 0) is 4.79 Å². The third kappa shape index (κ3) is 3.74. The number of hydrogen-bond donors (Lipinski definition) is 1. The van der Waals surface area contributed by atoms with Gasteiger partial charge in [0.05, 0.1) is 5.52 Å². The minimum absolute atomic E-state index is 0.0466. The molecule has 2 heterocycles. The fourth-order valence-electron chi connectivity index (χ4n) is 3.48. The Kier molecular flexibility index (Phi) is 5.06. The van der Waals surface area contributed by atoms with E-state index in [0.717, 1.165) is 29.4 Å². The standard InChI is InChI=1S/C21H19F2N3O2/c22-21(23)28-15-9-7-14(8-10-15)26-13-3-6-19(20(26)27)25-18-11-12-24-17-5-2-1-4-16(17)18/h1-2,4-5,7-12,19,21H,3,6,13H2,(H,24,25). The lowest BCUT2D eigenvalue weighted by Crippen LogP contribution is -2.47. The second-order valence-electron chi connectivity index (χ2n) is 6.58. The quantitative estimate of drug-likeness (QED) is 0.708. The lowest BCUT2D eigenvalue weighted by Gasteiger charge is -2.33. The molecule has 0 spiro atoms. The van der Waals surface area contributed by atoms with Crippen molar-refractivity contribution in [1.29, 1.82) is 0 Å². The number of piperidine rings is 1. The highest BCUT2D eigenvalue weighted by atomic mass is 19.3. The Balaban J connectivity index is 1.53. The van der Waals surface area contributed by atoms with E-state index < -0.39 is 6.61 Å². The summed E-state index contributed by atoms with van der Waals surface area (Å²) in [6.07, 6.45) is 3.28. The van der Waals surface area contributed by atoms with E-state index in [4.69, 9.17) is 0 Å². The molecule has 0 aliphatic carbocycles. The number of nitrogens with zero attached hydrogens (tertiary/aromatic N) is 2. The second-order valence-corrected chi connectivity index (χ2v) is 6.58. The average Bonchev–Trinajstić information content (AvgIpc) is 2.70. The first-order valence-electron chi connectivity index (χ1n) is 9.08. The van der Waals surface area contributed by atoms with Crippen LogP contribution < -0.4 is 15.0 Å². The molecule has 1 fully saturated rings. The van der Waals surface area contributed by atoms with Gasteiger partial charge < -0.3 is 15.0 Å². The number of carbonyl (C=O) groups is 1. The number of alkyl halides is 2. The molecule has 144 valence electrons. The van der Waals surface area contributed by atoms with Crippen molar-refractivity contribution in [3.05, 3.63) is 60.8 Å². The van der Waals surface area contributed by atoms with Crippen LogP contribution in [-0.4, -0.2) is 30.1 Å². The summed E-state index contributed by atoms with van der Waals surface area (Å²) >= 11 is 0. The zero-order valence-corrected chi connectivity index (χ0v) is 15.0. The predicted octanol–water partition coefficient (Wildman–Crippen LogP) is 4.44. The highest BCUT2D eigenvalue weighted by Crippen LogP contribution is 2.28. The number of benzene rings is 2. The van der Waals surface area contributed by atoms with Gasteiger partial charge in [0, 0.05) is 29.5 Å². The van der Waals surface area contributed by atoms with E-state index in [1.165, 1.54) is 12.1 Å². The minimum atomic E-state index is -2.87. The molecule has 1 N–H and O–H groups in total. The SMILES string of the molecule is O=C1C(Nc2ccnc3ccccc23)CCCN1c1ccc(OC(F)F)cc1. The van der Waals surface area contributed by atoms with E-state index in [2.05, 4.69) is 15.0 Å². The van der Waals surface area contributed by atoms with Gasteiger partial charge in [-0.2, -0.15) is 8.78 Å². The van der Waals surface area contributed by atoms with Crippen LogP contribution >= 0.6 is 0 Å². The molecule has 28 heavy (non-hydrogen) atoms. The number of amides is 1. The van der Waals surface area contributed by atoms with Crippen LogP contribution in [0.15, 0.2) is 60.8 Å². The van der Waals surface area contributed by atoms with E-state index in [0.29, 0.717) is 12.2 Å². The zero-order chi connectivity index (χ0) is 19.5. The summed E-state index contributed by atoms with van der Waals surface area (Å²) in [5, 5.41) is 4.32. The van der Waals surface area contributed by atoms with Gasteiger partial charge in [-0.15, -0.1) is 0 Å². The van der Waals surface area contributed by atoms with Crippen LogP contribution in [0.1, 0.15) is 12.8 Å². The van der Waals surface area contributed by atoms with Crippen molar-refractivity contribution in [2.45, 2.75) is 25.5 Å². The van der Waals surface area contributed by atoms with E-state index >= 15 is 0 Å². The van der Waals surface area contributed by atoms with Crippen molar-refractivity contribution in [3.63, 3.8) is 0 Å². The molecular weight excluding hydrogens is 364 g/mol. The van der Waals surface area contributed by atoms with Gasteiger partial charge in [0.1, 0.15) is 11.8 Å². The molecular formula is C21H19F2N3O2. The number of aromatic nitrogens is 1. The molecule has 1 amide bonds. The summed E-state index contributed by atoms with van der Waals surface area (Å²) in [5.41, 5.74) is 2.39. The van der Waals surface area contributed by atoms with Crippen LogP contribution in [0.3, 0.4) is 0 Å². The molecule has 4 rings (SSSR count). The predicted molar refractivity (Wildman–Crippen MR) is 104 cm³/mol. The Morgan fingerprint density at radius 1 is 1.11 bits per heavy atom. The normalized spacial score (nSPS) is 17.2. The van der Waals surface area contributed by atoms with Gasteiger partial charge in [-0.1, -0.05) is 18.2 Å². The number of ether oxygens (including phenoxy) is 1. The molecule has 2 aromatic carbocycles. The number of hydrogen-bond acceptors (Lipinski definition) is 4. The first-order valence-corrected chi connectivity index (χ1v) is 9.08. The molecule has 0 radical (unpaired) electrons. The number of carbonyl (C=O) groups excluding carboxylic acids is 1. The van der Waals surface area contributed by atoms with Crippen LogP contribution in [0.5, 0.6) is 5.75 Å². The van der Waals surface area contributed by atoms with Gasteiger partial charge in [0.15, 0.2) is 0 Å². The lowest BCUT2D eigenvalue weighted by atomic mass is 10.0. The number of rotatable bonds is 5. The molecule has 1 atom stereocenters. The Bertz CT molecular complexity index is 974. The number of anilines is 2. The summed E-state index contributed by atoms with van der Waals surface area (Å²) in [6.45, 7) is -2.28. The van der Waals surface area contributed by atoms with E-state index in [1.807, 2.05) is 30.3 Å². The van der Waals surface area contributed by atoms with Crippen LogP contribution in [0.4, 0.5) is 20.2 Å². The highest BCUT2D eigenvalue weighted by Gasteiger charge is 2.30. The zero-order valence-electron chi connectivity index (χ0n) is 15.0. The lowest BCUT2D eigenvalue weighted by molar-refractivity contribution is -0.120. The van der Waals surface area contributed by atoms with Crippen molar-refractivity contribution in [3.8, 4) is 5.75 Å². The van der Waals surface area contributed by atoms with Crippen molar-refractivity contribution in [1.82, 2.24) is 4.98 Å². The van der Waals surface area contributed by atoms with Crippen LogP contribution in [0, 0.1) is 0 Å². The van der Waals surface area contributed by atoms with Gasteiger partial charge >= 0.3 is 6.61 Å². The maximum atomic E-state index is 13.0. The van der Waals surface area contributed by atoms with E-state index in [-0.39, 0.29) is 17.7 Å². The molecule has 7 heteroatoms. The summed E-state index contributed by atoms with van der Waals surface area (Å²) in [7, 11) is 0. The summed E-state index contributed by atoms with van der Waals surface area (Å²) in [4.78, 5) is 19.0. The molecule has 5 nitrogen and oxygen atoms in total. The molecule has 1 aromatic heterocycles. The van der Waals surface area contributed by atoms with Gasteiger partial charge in [-0.3, -0.25) is 9.78 Å². The topological polar surface area (TPSA) is 54.5 Å². The van der Waals surface area contributed by atoms with Gasteiger partial charge in [-0.25, -0.2) is 0 Å². The van der Waals surface area contributed by atoms with Crippen molar-refractivity contribution >= 4 is 28.2 Å². The maximum absolute atomic E-state index is 13.0. The van der Waals surface area contributed by atoms with Crippen LogP contribution in [0.25, 0.3) is 10.9 Å². The number of para-hydroxylation sites is 1. The molecule has 1 aliphatic heterocycles. The molecule has 1 aliphatic rings. The summed E-state index contributed by atoms with van der Waals surface area (Å²) in [6, 6.07) is 15.4. The van der Waals surface area contributed by atoms with E-state index in [1.54, 1.807) is 23.2 Å². The summed E-state index contributed by atoms with van der Waals surface area (Å²) < 4.78 is 29.0. The van der Waals surface area contributed by atoms with Gasteiger partial charge in [-0.05, 0) is 49.2 Å². The molecule has 1 unspecified atom stereocenters. The number of fused-ring (bicyclic) bond motifs is 1. The molecule has 0 bridgehead atoms. The molecule has 0 saturated carbocycles. The smallest absolute Gasteiger partial charge is 0.387 e. The third-order valence-electron chi connectivity index (χ3n) is 4.79. The number of halogens is 2. The Hall–Kier alpha value is -3.22. The first kappa shape index (κ1) is 18.2. The Labute approximate surface area is 160 Å². The highest BCUT2D eigenvalue weighted by molar-refractivity contribution is 6.01. The van der Waals surface area contributed by atoms with Gasteiger partial charge in [0.25, 0.3) is 0 Å². The van der Waals surface area contributed by atoms with E-state index in [9.17, 15) is 13.6 Å². The molecule has 3 aromatic rings.